The summed E-state index contributed by atoms with van der Waals surface area (Å²) in [6, 6.07) is 5.55. The molecule has 0 aliphatic carbocycles. The molecule has 0 saturated carbocycles. The predicted octanol–water partition coefficient (Wildman–Crippen LogP) is 2.13. The summed E-state index contributed by atoms with van der Waals surface area (Å²) in [5, 5.41) is 0. The van der Waals surface area contributed by atoms with Crippen molar-refractivity contribution in [1.29, 1.82) is 0 Å². The molecule has 0 bridgehead atoms. The van der Waals surface area contributed by atoms with Gasteiger partial charge in [0.25, 0.3) is 0 Å². The summed E-state index contributed by atoms with van der Waals surface area (Å²) in [7, 11) is -1.93. The quantitative estimate of drug-likeness (QED) is 0.758. The van der Waals surface area contributed by atoms with Crippen LogP contribution in [0.25, 0.3) is 11.0 Å². The van der Waals surface area contributed by atoms with Gasteiger partial charge in [0.15, 0.2) is 0 Å². The number of rotatable bonds is 1. The molecule has 0 unspecified atom stereocenters. The lowest BCUT2D eigenvalue weighted by atomic mass is 10.3. The zero-order valence-electron chi connectivity index (χ0n) is 8.67. The Morgan fingerprint density at radius 2 is 1.88 bits per heavy atom. The van der Waals surface area contributed by atoms with Crippen molar-refractivity contribution in [1.82, 2.24) is 9.97 Å². The van der Waals surface area contributed by atoms with Gasteiger partial charge in [-0.1, -0.05) is 0 Å². The Hall–Kier alpha value is -1.49. The molecular weight excluding hydrogens is 222 g/mol. The molecule has 5 heteroatoms. The van der Waals surface area contributed by atoms with Gasteiger partial charge in [-0.2, -0.15) is 4.36 Å². The van der Waals surface area contributed by atoms with Crippen molar-refractivity contribution in [3.05, 3.63) is 30.6 Å². The van der Waals surface area contributed by atoms with Gasteiger partial charge in [0.1, 0.15) is 0 Å². The highest BCUT2D eigenvalue weighted by Crippen LogP contribution is 2.23. The van der Waals surface area contributed by atoms with Crippen LogP contribution in [-0.2, 0) is 9.73 Å². The number of hydrogen-bond donors (Lipinski definition) is 0. The summed E-state index contributed by atoms with van der Waals surface area (Å²) in [5.74, 6) is 1.46. The van der Waals surface area contributed by atoms with Crippen LogP contribution in [0.5, 0.6) is 0 Å². The maximum absolute atomic E-state index is 11.9. The van der Waals surface area contributed by atoms with Crippen molar-refractivity contribution in [2.45, 2.75) is 6.42 Å². The van der Waals surface area contributed by atoms with Crippen molar-refractivity contribution in [2.75, 3.05) is 11.5 Å². The van der Waals surface area contributed by atoms with E-state index in [-0.39, 0.29) is 0 Å². The minimum atomic E-state index is -1.93. The molecule has 16 heavy (non-hydrogen) atoms. The van der Waals surface area contributed by atoms with E-state index in [0.29, 0.717) is 0 Å². The van der Waals surface area contributed by atoms with Gasteiger partial charge in [-0.3, -0.25) is 9.97 Å². The summed E-state index contributed by atoms with van der Waals surface area (Å²) >= 11 is 0. The fourth-order valence-corrected chi connectivity index (χ4v) is 3.15. The minimum absolute atomic E-state index is 0.728. The lowest BCUT2D eigenvalue weighted by Crippen LogP contribution is -2.22. The van der Waals surface area contributed by atoms with Gasteiger partial charge in [-0.25, -0.2) is 4.21 Å². The van der Waals surface area contributed by atoms with E-state index in [1.807, 2.05) is 18.2 Å². The van der Waals surface area contributed by atoms with E-state index in [1.54, 1.807) is 12.4 Å². The minimum Gasteiger partial charge on any atom is -0.253 e. The van der Waals surface area contributed by atoms with Crippen LogP contribution in [0.4, 0.5) is 5.69 Å². The number of nitrogens with zero attached hydrogens (tertiary/aromatic N) is 3. The van der Waals surface area contributed by atoms with Crippen molar-refractivity contribution in [3.8, 4) is 0 Å². The first-order valence-electron chi connectivity index (χ1n) is 5.19. The number of aromatic nitrogens is 2. The monoisotopic (exact) mass is 233 g/mol. The molecule has 1 aromatic carbocycles. The van der Waals surface area contributed by atoms with Crippen molar-refractivity contribution in [3.63, 3.8) is 0 Å². The Labute approximate surface area is 93.9 Å². The molecule has 3 rings (SSSR count). The molecule has 1 aliphatic heterocycles. The SMILES string of the molecule is O=S1(=Nc2ccc3nccnc3c2)CCC1. The second-order valence-corrected chi connectivity index (χ2v) is 6.40. The molecule has 0 N–H and O–H groups in total. The first kappa shape index (κ1) is 9.72. The van der Waals surface area contributed by atoms with E-state index >= 15 is 0 Å². The molecule has 4 nitrogen and oxygen atoms in total. The average molecular weight is 233 g/mol. The Morgan fingerprint density at radius 3 is 2.56 bits per heavy atom. The Morgan fingerprint density at radius 1 is 1.12 bits per heavy atom. The van der Waals surface area contributed by atoms with E-state index in [4.69, 9.17) is 0 Å². The fraction of sp³-hybridized carbons (Fsp3) is 0.273. The second kappa shape index (κ2) is 3.52. The smallest absolute Gasteiger partial charge is 0.0908 e. The largest absolute Gasteiger partial charge is 0.253 e. The number of hydrogen-bond acceptors (Lipinski definition) is 4. The van der Waals surface area contributed by atoms with E-state index in [9.17, 15) is 4.21 Å². The van der Waals surface area contributed by atoms with Crippen molar-refractivity contribution < 1.29 is 4.21 Å². The number of benzene rings is 1. The van der Waals surface area contributed by atoms with Crippen molar-refractivity contribution >= 4 is 26.4 Å². The highest BCUT2D eigenvalue weighted by Gasteiger charge is 2.19. The predicted molar refractivity (Wildman–Crippen MR) is 64.1 cm³/mol. The van der Waals surface area contributed by atoms with Gasteiger partial charge in [0.05, 0.1) is 26.4 Å². The van der Waals surface area contributed by atoms with E-state index in [1.165, 1.54) is 0 Å². The summed E-state index contributed by atoms with van der Waals surface area (Å²) in [6.07, 6.45) is 4.33. The lowest BCUT2D eigenvalue weighted by molar-refractivity contribution is 0.663. The van der Waals surface area contributed by atoms with Crippen LogP contribution in [0.3, 0.4) is 0 Å². The van der Waals surface area contributed by atoms with Gasteiger partial charge >= 0.3 is 0 Å². The van der Waals surface area contributed by atoms with Crippen LogP contribution >= 0.6 is 0 Å². The standard InChI is InChI=1S/C11H11N3OS/c15-16(6-1-7-16)14-9-2-3-10-11(8-9)13-5-4-12-10/h2-5,8H,1,6-7H2. The molecule has 1 aromatic heterocycles. The molecule has 0 spiro atoms. The van der Waals surface area contributed by atoms with Crippen LogP contribution in [0.15, 0.2) is 35.0 Å². The fourth-order valence-electron chi connectivity index (χ4n) is 1.68. The van der Waals surface area contributed by atoms with Crippen LogP contribution in [0, 0.1) is 0 Å². The topological polar surface area (TPSA) is 55.2 Å². The summed E-state index contributed by atoms with van der Waals surface area (Å²) in [5.41, 5.74) is 2.38. The number of fused-ring (bicyclic) bond motifs is 1. The molecule has 1 saturated heterocycles. The van der Waals surface area contributed by atoms with E-state index < -0.39 is 9.73 Å². The molecule has 2 heterocycles. The van der Waals surface area contributed by atoms with Crippen molar-refractivity contribution in [2.24, 2.45) is 4.36 Å². The Kier molecular flexibility index (Phi) is 2.14. The highest BCUT2D eigenvalue weighted by molar-refractivity contribution is 7.95. The third-order valence-corrected chi connectivity index (χ3v) is 5.05. The van der Waals surface area contributed by atoms with Gasteiger partial charge in [0, 0.05) is 23.9 Å². The second-order valence-electron chi connectivity index (χ2n) is 3.86. The van der Waals surface area contributed by atoms with Crippen LogP contribution in [0.1, 0.15) is 6.42 Å². The molecule has 1 aliphatic rings. The molecule has 0 amide bonds. The van der Waals surface area contributed by atoms with E-state index in [0.717, 1.165) is 34.6 Å². The summed E-state index contributed by atoms with van der Waals surface area (Å²) in [6.45, 7) is 0. The third-order valence-electron chi connectivity index (χ3n) is 2.65. The maximum atomic E-state index is 11.9. The molecule has 0 atom stereocenters. The Balaban J connectivity index is 2.12. The lowest BCUT2D eigenvalue weighted by Gasteiger charge is -2.17. The zero-order valence-corrected chi connectivity index (χ0v) is 9.48. The first-order valence-corrected chi connectivity index (χ1v) is 7.04. The van der Waals surface area contributed by atoms with Gasteiger partial charge < -0.3 is 0 Å². The molecule has 82 valence electrons. The summed E-state index contributed by atoms with van der Waals surface area (Å²) in [4.78, 5) is 8.38. The van der Waals surface area contributed by atoms with Crippen LogP contribution < -0.4 is 0 Å². The van der Waals surface area contributed by atoms with Gasteiger partial charge in [0.2, 0.25) is 0 Å². The maximum Gasteiger partial charge on any atom is 0.0908 e. The molecular formula is C11H11N3OS. The van der Waals surface area contributed by atoms with Crippen LogP contribution in [-0.4, -0.2) is 25.7 Å². The highest BCUT2D eigenvalue weighted by atomic mass is 32.2. The Bertz CT molecular complexity index is 649. The average Bonchev–Trinajstić information content (AvgIpc) is 2.27. The van der Waals surface area contributed by atoms with Crippen LogP contribution in [0.2, 0.25) is 0 Å². The zero-order chi connectivity index (χ0) is 11.0. The van der Waals surface area contributed by atoms with Gasteiger partial charge in [-0.15, -0.1) is 0 Å². The summed E-state index contributed by atoms with van der Waals surface area (Å²) < 4.78 is 16.3. The molecule has 2 aromatic rings. The van der Waals surface area contributed by atoms with Gasteiger partial charge in [-0.05, 0) is 24.6 Å². The first-order chi connectivity index (χ1) is 7.75. The third kappa shape index (κ3) is 1.67. The molecule has 0 radical (unpaired) electrons. The van der Waals surface area contributed by atoms with E-state index in [2.05, 4.69) is 14.3 Å². The molecule has 1 fully saturated rings. The normalized spacial score (nSPS) is 18.0.